The molecule has 2 aliphatic heterocycles. The number of hydrogen-bond donors (Lipinski definition) is 0. The average Bonchev–Trinajstić information content (AvgIpc) is 2.47. The normalized spacial score (nSPS) is 27.1. The van der Waals surface area contributed by atoms with E-state index in [9.17, 15) is 13.2 Å². The molecule has 0 amide bonds. The van der Waals surface area contributed by atoms with Gasteiger partial charge < -0.3 is 14.2 Å². The van der Waals surface area contributed by atoms with Crippen LogP contribution in [0.3, 0.4) is 0 Å². The van der Waals surface area contributed by atoms with Crippen LogP contribution in [-0.4, -0.2) is 82.2 Å². The van der Waals surface area contributed by atoms with Crippen LogP contribution in [0.15, 0.2) is 0 Å². The highest BCUT2D eigenvalue weighted by molar-refractivity contribution is 7.86. The van der Waals surface area contributed by atoms with E-state index in [1.165, 1.54) is 11.4 Å². The van der Waals surface area contributed by atoms with Crippen molar-refractivity contribution in [2.75, 3.05) is 53.2 Å². The highest BCUT2D eigenvalue weighted by atomic mass is 32.2. The Kier molecular flexibility index (Phi) is 4.74. The molecule has 0 saturated carbocycles. The van der Waals surface area contributed by atoms with Crippen molar-refractivity contribution in [3.63, 3.8) is 0 Å². The van der Waals surface area contributed by atoms with Crippen molar-refractivity contribution < 1.29 is 27.4 Å². The van der Waals surface area contributed by atoms with Crippen LogP contribution in [0.1, 0.15) is 0 Å². The van der Waals surface area contributed by atoms with Crippen molar-refractivity contribution in [3.8, 4) is 0 Å². The maximum Gasteiger partial charge on any atom is 0.326 e. The maximum absolute atomic E-state index is 12.5. The molecule has 1 unspecified atom stereocenters. The minimum absolute atomic E-state index is 0.0241. The van der Waals surface area contributed by atoms with E-state index < -0.39 is 22.2 Å². The molecule has 110 valence electrons. The molecular formula is C10H18N2O6S. The van der Waals surface area contributed by atoms with Crippen LogP contribution < -0.4 is 0 Å². The molecule has 8 nitrogen and oxygen atoms in total. The first-order valence-corrected chi connectivity index (χ1v) is 7.47. The van der Waals surface area contributed by atoms with Crippen LogP contribution in [0.25, 0.3) is 0 Å². The van der Waals surface area contributed by atoms with Gasteiger partial charge in [-0.15, -0.1) is 0 Å². The van der Waals surface area contributed by atoms with Gasteiger partial charge in [0.15, 0.2) is 0 Å². The zero-order chi connectivity index (χ0) is 13.9. The van der Waals surface area contributed by atoms with Crippen molar-refractivity contribution >= 4 is 16.2 Å². The lowest BCUT2D eigenvalue weighted by Crippen LogP contribution is -2.58. The quantitative estimate of drug-likeness (QED) is 0.585. The molecule has 2 aliphatic rings. The Bertz CT molecular complexity index is 420. The zero-order valence-electron chi connectivity index (χ0n) is 10.8. The lowest BCUT2D eigenvalue weighted by atomic mass is 10.3. The molecule has 9 heteroatoms. The van der Waals surface area contributed by atoms with Gasteiger partial charge in [0.05, 0.1) is 33.5 Å². The Hall–Kier alpha value is -0.740. The average molecular weight is 294 g/mol. The molecule has 0 radical (unpaired) electrons. The number of rotatable bonds is 3. The number of methoxy groups -OCH3 is 1. The first-order chi connectivity index (χ1) is 9.07. The maximum atomic E-state index is 12.5. The first kappa shape index (κ1) is 14.7. The lowest BCUT2D eigenvalue weighted by Gasteiger charge is -2.37. The number of morpholine rings is 2. The van der Waals surface area contributed by atoms with Gasteiger partial charge >= 0.3 is 5.97 Å². The van der Waals surface area contributed by atoms with Crippen LogP contribution in [-0.2, 0) is 29.2 Å². The topological polar surface area (TPSA) is 85.4 Å². The standard InChI is InChI=1S/C10H18N2O6S/c1-16-10(13)9-8-18-7-4-12(9)19(14,15)11-2-5-17-6-3-11/h9H,2-8H2,1H3. The molecular weight excluding hydrogens is 276 g/mol. The van der Waals surface area contributed by atoms with Crippen molar-refractivity contribution in [3.05, 3.63) is 0 Å². The third-order valence-electron chi connectivity index (χ3n) is 3.15. The zero-order valence-corrected chi connectivity index (χ0v) is 11.6. The predicted molar refractivity (Wildman–Crippen MR) is 64.6 cm³/mol. The van der Waals surface area contributed by atoms with E-state index in [0.717, 1.165) is 4.31 Å². The number of esters is 1. The van der Waals surface area contributed by atoms with Gasteiger partial charge in [-0.1, -0.05) is 0 Å². The summed E-state index contributed by atoms with van der Waals surface area (Å²) in [5, 5.41) is 0. The molecule has 1 atom stereocenters. The fourth-order valence-electron chi connectivity index (χ4n) is 2.11. The lowest BCUT2D eigenvalue weighted by molar-refractivity contribution is -0.149. The van der Waals surface area contributed by atoms with Gasteiger partial charge in [0.1, 0.15) is 6.04 Å². The van der Waals surface area contributed by atoms with Gasteiger partial charge in [0, 0.05) is 19.6 Å². The van der Waals surface area contributed by atoms with Crippen LogP contribution in [0.2, 0.25) is 0 Å². The Labute approximate surface area is 112 Å². The summed E-state index contributed by atoms with van der Waals surface area (Å²) in [7, 11) is -2.45. The second kappa shape index (κ2) is 6.14. The van der Waals surface area contributed by atoms with E-state index >= 15 is 0 Å². The fourth-order valence-corrected chi connectivity index (χ4v) is 3.79. The number of nitrogens with zero attached hydrogens (tertiary/aromatic N) is 2. The third-order valence-corrected chi connectivity index (χ3v) is 5.19. The van der Waals surface area contributed by atoms with Gasteiger partial charge in [0.2, 0.25) is 0 Å². The summed E-state index contributed by atoms with van der Waals surface area (Å²) in [4.78, 5) is 11.7. The van der Waals surface area contributed by atoms with E-state index in [4.69, 9.17) is 9.47 Å². The number of ether oxygens (including phenoxy) is 3. The summed E-state index contributed by atoms with van der Waals surface area (Å²) in [5.41, 5.74) is 0. The molecule has 2 heterocycles. The van der Waals surface area contributed by atoms with Gasteiger partial charge in [-0.2, -0.15) is 17.0 Å². The predicted octanol–water partition coefficient (Wildman–Crippen LogP) is -1.56. The smallest absolute Gasteiger partial charge is 0.326 e. The molecule has 0 aromatic rings. The van der Waals surface area contributed by atoms with Crippen LogP contribution >= 0.6 is 0 Å². The minimum Gasteiger partial charge on any atom is -0.468 e. The van der Waals surface area contributed by atoms with E-state index in [2.05, 4.69) is 4.74 Å². The third kappa shape index (κ3) is 3.06. The van der Waals surface area contributed by atoms with Gasteiger partial charge in [-0.3, -0.25) is 4.79 Å². The van der Waals surface area contributed by atoms with Gasteiger partial charge in [-0.05, 0) is 0 Å². The molecule has 2 rings (SSSR count). The van der Waals surface area contributed by atoms with Crippen LogP contribution in [0.4, 0.5) is 0 Å². The van der Waals surface area contributed by atoms with E-state index in [1.807, 2.05) is 0 Å². The highest BCUT2D eigenvalue weighted by Crippen LogP contribution is 2.18. The summed E-state index contributed by atoms with van der Waals surface area (Å²) < 4.78 is 42.4. The summed E-state index contributed by atoms with van der Waals surface area (Å²) in [5.74, 6) is -0.600. The largest absolute Gasteiger partial charge is 0.468 e. The Morgan fingerprint density at radius 2 is 1.79 bits per heavy atom. The molecule has 2 fully saturated rings. The summed E-state index contributed by atoms with van der Waals surface area (Å²) in [6.07, 6.45) is 0. The second-order valence-corrected chi connectivity index (χ2v) is 6.12. The molecule has 0 aromatic heterocycles. The Morgan fingerprint density at radius 1 is 1.16 bits per heavy atom. The molecule has 2 saturated heterocycles. The fraction of sp³-hybridized carbons (Fsp3) is 0.900. The Balaban J connectivity index is 2.18. The van der Waals surface area contributed by atoms with Crippen molar-refractivity contribution in [1.82, 2.24) is 8.61 Å². The van der Waals surface area contributed by atoms with E-state index in [1.54, 1.807) is 0 Å². The monoisotopic (exact) mass is 294 g/mol. The molecule has 0 spiro atoms. The highest BCUT2D eigenvalue weighted by Gasteiger charge is 2.41. The van der Waals surface area contributed by atoms with Crippen molar-refractivity contribution in [1.29, 1.82) is 0 Å². The van der Waals surface area contributed by atoms with E-state index in [-0.39, 0.29) is 19.8 Å². The number of carbonyl (C=O) groups is 1. The van der Waals surface area contributed by atoms with Crippen molar-refractivity contribution in [2.45, 2.75) is 6.04 Å². The number of carbonyl (C=O) groups excluding carboxylic acids is 1. The Morgan fingerprint density at radius 3 is 2.42 bits per heavy atom. The first-order valence-electron chi connectivity index (χ1n) is 6.07. The summed E-state index contributed by atoms with van der Waals surface area (Å²) in [6, 6.07) is -0.911. The molecule has 0 N–H and O–H groups in total. The van der Waals surface area contributed by atoms with Crippen molar-refractivity contribution in [2.24, 2.45) is 0 Å². The molecule has 0 aromatic carbocycles. The summed E-state index contributed by atoms with van der Waals surface area (Å²) >= 11 is 0. The molecule has 0 aliphatic carbocycles. The van der Waals surface area contributed by atoms with Gasteiger partial charge in [-0.25, -0.2) is 0 Å². The second-order valence-electron chi connectivity index (χ2n) is 4.24. The van der Waals surface area contributed by atoms with Crippen LogP contribution in [0.5, 0.6) is 0 Å². The van der Waals surface area contributed by atoms with E-state index in [0.29, 0.717) is 26.3 Å². The number of hydrogen-bond acceptors (Lipinski definition) is 6. The summed E-state index contributed by atoms with van der Waals surface area (Å²) in [6.45, 7) is 1.78. The minimum atomic E-state index is -3.68. The molecule has 0 bridgehead atoms. The van der Waals surface area contributed by atoms with Crippen LogP contribution in [0, 0.1) is 0 Å². The SMILES string of the molecule is COC(=O)C1COCCN1S(=O)(=O)N1CCOCC1. The molecule has 19 heavy (non-hydrogen) atoms. The van der Waals surface area contributed by atoms with Gasteiger partial charge in [0.25, 0.3) is 10.2 Å².